The predicted molar refractivity (Wildman–Crippen MR) is 160 cm³/mol. The molecule has 4 heterocycles. The molecule has 2 unspecified atom stereocenters. The fraction of sp³-hybridized carbons (Fsp3) is 0.594. The normalized spacial score (nSPS) is 20.1. The van der Waals surface area contributed by atoms with Gasteiger partial charge in [0.05, 0.1) is 11.0 Å². The highest BCUT2D eigenvalue weighted by Gasteiger charge is 2.46. The Balaban J connectivity index is 1.38. The van der Waals surface area contributed by atoms with Crippen molar-refractivity contribution < 1.29 is 9.59 Å². The first-order chi connectivity index (χ1) is 18.8. The zero-order chi connectivity index (χ0) is 27.7. The molecule has 2 fully saturated rings. The first kappa shape index (κ1) is 28.0. The number of hydrogen-bond acceptors (Lipinski definition) is 5. The Morgan fingerprint density at radius 2 is 1.87 bits per heavy atom. The summed E-state index contributed by atoms with van der Waals surface area (Å²) in [5.41, 5.74) is 2.64. The highest BCUT2D eigenvalue weighted by molar-refractivity contribution is 7.09. The molecular weight excluding hydrogens is 504 g/mol. The molecule has 7 heteroatoms. The maximum absolute atomic E-state index is 13.7. The van der Waals surface area contributed by atoms with Crippen molar-refractivity contribution in [2.24, 2.45) is 11.8 Å². The van der Waals surface area contributed by atoms with E-state index in [9.17, 15) is 9.59 Å². The van der Waals surface area contributed by atoms with Crippen molar-refractivity contribution >= 4 is 34.1 Å². The number of carbonyl (C=O) groups is 2. The van der Waals surface area contributed by atoms with Crippen LogP contribution >= 0.6 is 11.3 Å². The minimum absolute atomic E-state index is 0.0485. The van der Waals surface area contributed by atoms with E-state index < -0.39 is 0 Å². The van der Waals surface area contributed by atoms with E-state index in [4.69, 9.17) is 4.98 Å². The first-order valence-corrected chi connectivity index (χ1v) is 15.8. The quantitative estimate of drug-likeness (QED) is 0.240. The zero-order valence-electron chi connectivity index (χ0n) is 24.2. The lowest BCUT2D eigenvalue weighted by Gasteiger charge is -2.35. The summed E-state index contributed by atoms with van der Waals surface area (Å²) in [6.45, 7) is 13.8. The van der Waals surface area contributed by atoms with Gasteiger partial charge in [0.25, 0.3) is 0 Å². The Labute approximate surface area is 237 Å². The minimum Gasteiger partial charge on any atom is -0.337 e. The lowest BCUT2D eigenvalue weighted by atomic mass is 9.89. The Morgan fingerprint density at radius 3 is 2.49 bits per heavy atom. The molecule has 0 radical (unpaired) electrons. The molecule has 2 bridgehead atoms. The lowest BCUT2D eigenvalue weighted by molar-refractivity contribution is -0.138. The largest absolute Gasteiger partial charge is 0.337 e. The van der Waals surface area contributed by atoms with Gasteiger partial charge in [-0.05, 0) is 67.8 Å². The number of benzene rings is 1. The van der Waals surface area contributed by atoms with Crippen LogP contribution in [0.5, 0.6) is 0 Å². The van der Waals surface area contributed by atoms with Crippen LogP contribution in [0.3, 0.4) is 0 Å². The number of likely N-dealkylation sites (tertiary alicyclic amines) is 2. The number of amides is 1. The number of Topliss-reactive ketones (excluding diaryl/α,β-unsaturated/α-hetero) is 1. The Bertz CT molecular complexity index is 1290. The Hall–Kier alpha value is -2.51. The summed E-state index contributed by atoms with van der Waals surface area (Å²) in [4.78, 5) is 38.3. The van der Waals surface area contributed by atoms with Gasteiger partial charge in [-0.2, -0.15) is 0 Å². The van der Waals surface area contributed by atoms with Crippen LogP contribution in [0.2, 0.25) is 0 Å². The summed E-state index contributed by atoms with van der Waals surface area (Å²) in [6, 6.07) is 11.4. The van der Waals surface area contributed by atoms with Gasteiger partial charge in [0.1, 0.15) is 5.82 Å². The van der Waals surface area contributed by atoms with E-state index in [2.05, 4.69) is 72.6 Å². The summed E-state index contributed by atoms with van der Waals surface area (Å²) in [6.07, 6.45) is 4.95. The van der Waals surface area contributed by atoms with Crippen LogP contribution in [0.25, 0.3) is 11.0 Å². The molecule has 39 heavy (non-hydrogen) atoms. The first-order valence-electron chi connectivity index (χ1n) is 14.9. The smallest absolute Gasteiger partial charge is 0.226 e. The second-order valence-electron chi connectivity index (χ2n) is 11.9. The number of thiophene rings is 1. The van der Waals surface area contributed by atoms with Crippen molar-refractivity contribution in [3.8, 4) is 0 Å². The van der Waals surface area contributed by atoms with Crippen molar-refractivity contribution in [3.63, 3.8) is 0 Å². The summed E-state index contributed by atoms with van der Waals surface area (Å²) in [7, 11) is 0. The van der Waals surface area contributed by atoms with Crippen molar-refractivity contribution in [1.82, 2.24) is 19.4 Å². The molecule has 5 rings (SSSR count). The molecule has 1 aromatic carbocycles. The van der Waals surface area contributed by atoms with Crippen LogP contribution < -0.4 is 0 Å². The molecule has 2 aliphatic rings. The number of imidazole rings is 1. The SMILES string of the molecule is CCC(CC)n1c(Cc2cccs2)nc2cc(C(=O)C[C@@H](CC(C)C)C(=O)N3CC4CC3CN4CC)ccc21. The monoisotopic (exact) mass is 548 g/mol. The van der Waals surface area contributed by atoms with Crippen LogP contribution in [0, 0.1) is 11.8 Å². The van der Waals surface area contributed by atoms with Crippen molar-refractivity contribution in [2.75, 3.05) is 19.6 Å². The van der Waals surface area contributed by atoms with Crippen LogP contribution in [-0.2, 0) is 11.2 Å². The van der Waals surface area contributed by atoms with Gasteiger partial charge in [0, 0.05) is 60.4 Å². The summed E-state index contributed by atoms with van der Waals surface area (Å²) in [5, 5.41) is 2.11. The van der Waals surface area contributed by atoms with Gasteiger partial charge in [-0.25, -0.2) is 4.98 Å². The molecule has 2 saturated heterocycles. The molecule has 6 nitrogen and oxygen atoms in total. The molecule has 210 valence electrons. The number of carbonyl (C=O) groups excluding carboxylic acids is 2. The Kier molecular flexibility index (Phi) is 8.57. The van der Waals surface area contributed by atoms with E-state index in [1.165, 1.54) is 4.88 Å². The third kappa shape index (κ3) is 5.71. The maximum Gasteiger partial charge on any atom is 0.226 e. The molecule has 0 aliphatic carbocycles. The lowest BCUT2D eigenvalue weighted by Crippen LogP contribution is -2.50. The molecule has 2 aromatic heterocycles. The third-order valence-electron chi connectivity index (χ3n) is 8.88. The Morgan fingerprint density at radius 1 is 1.08 bits per heavy atom. The van der Waals surface area contributed by atoms with Crippen LogP contribution in [-0.4, -0.2) is 62.8 Å². The fourth-order valence-corrected chi connectivity index (χ4v) is 7.60. The topological polar surface area (TPSA) is 58.4 Å². The average Bonchev–Trinajstić information content (AvgIpc) is 3.72. The molecular formula is C32H44N4O2S. The number of likely N-dealkylation sites (N-methyl/N-ethyl adjacent to an activating group) is 1. The second kappa shape index (κ2) is 11.9. The summed E-state index contributed by atoms with van der Waals surface area (Å²) in [5.74, 6) is 1.38. The van der Waals surface area contributed by atoms with Crippen molar-refractivity contribution in [2.45, 2.75) is 91.3 Å². The number of hydrogen-bond donors (Lipinski definition) is 0. The van der Waals surface area contributed by atoms with Gasteiger partial charge in [-0.3, -0.25) is 14.5 Å². The molecule has 1 amide bonds. The number of fused-ring (bicyclic) bond motifs is 3. The summed E-state index contributed by atoms with van der Waals surface area (Å²) >= 11 is 1.76. The zero-order valence-corrected chi connectivity index (χ0v) is 25.0. The van der Waals surface area contributed by atoms with E-state index >= 15 is 0 Å². The van der Waals surface area contributed by atoms with Crippen molar-refractivity contribution in [3.05, 3.63) is 52.0 Å². The second-order valence-corrected chi connectivity index (χ2v) is 12.9. The van der Waals surface area contributed by atoms with E-state index in [1.54, 1.807) is 11.3 Å². The van der Waals surface area contributed by atoms with Gasteiger partial charge >= 0.3 is 0 Å². The van der Waals surface area contributed by atoms with Gasteiger partial charge in [-0.1, -0.05) is 40.7 Å². The molecule has 2 aliphatic heterocycles. The van der Waals surface area contributed by atoms with Gasteiger partial charge in [-0.15, -0.1) is 11.3 Å². The van der Waals surface area contributed by atoms with Gasteiger partial charge in [0.15, 0.2) is 5.78 Å². The molecule has 3 atom stereocenters. The predicted octanol–water partition coefficient (Wildman–Crippen LogP) is 6.59. The van der Waals surface area contributed by atoms with E-state index in [0.717, 1.165) is 68.6 Å². The number of piperazine rings is 1. The van der Waals surface area contributed by atoms with E-state index in [1.807, 2.05) is 12.1 Å². The number of ketones is 1. The molecule has 0 spiro atoms. The number of aromatic nitrogens is 2. The van der Waals surface area contributed by atoms with Crippen LogP contribution in [0.1, 0.15) is 93.8 Å². The fourth-order valence-electron chi connectivity index (χ4n) is 6.90. The summed E-state index contributed by atoms with van der Waals surface area (Å²) < 4.78 is 2.39. The highest BCUT2D eigenvalue weighted by Crippen LogP contribution is 2.34. The maximum atomic E-state index is 13.7. The average molecular weight is 549 g/mol. The molecule has 0 N–H and O–H groups in total. The van der Waals surface area contributed by atoms with Crippen molar-refractivity contribution in [1.29, 1.82) is 0 Å². The molecule has 3 aromatic rings. The van der Waals surface area contributed by atoms with Crippen LogP contribution in [0.15, 0.2) is 35.7 Å². The van der Waals surface area contributed by atoms with Crippen LogP contribution in [0.4, 0.5) is 0 Å². The third-order valence-corrected chi connectivity index (χ3v) is 9.76. The molecule has 0 saturated carbocycles. The van der Waals surface area contributed by atoms with Gasteiger partial charge < -0.3 is 9.47 Å². The number of rotatable bonds is 12. The highest BCUT2D eigenvalue weighted by atomic mass is 32.1. The minimum atomic E-state index is -0.265. The van der Waals surface area contributed by atoms with Gasteiger partial charge in [0.2, 0.25) is 5.91 Å². The van der Waals surface area contributed by atoms with E-state index in [-0.39, 0.29) is 24.0 Å². The number of nitrogens with zero attached hydrogens (tertiary/aromatic N) is 4. The van der Waals surface area contributed by atoms with E-state index in [0.29, 0.717) is 29.6 Å². The standard InChI is InChI=1S/C32H44N4O2S/c1-6-24(7-2)36-29-12-11-22(15-28(29)33-31(36)18-27-10-9-13-39-27)30(37)16-23(14-21(4)5)32(38)35-20-25-17-26(35)19-34(25)8-3/h9-13,15,21,23-26H,6-8,14,16-20H2,1-5H3/t23-,25?,26?/m1/s1.